The van der Waals surface area contributed by atoms with E-state index in [4.69, 9.17) is 5.26 Å². The Balaban J connectivity index is 1.62. The first-order valence-electron chi connectivity index (χ1n) is 7.77. The van der Waals surface area contributed by atoms with Gasteiger partial charge >= 0.3 is 0 Å². The topological polar surface area (TPSA) is 64.9 Å². The number of hydrogen-bond acceptors (Lipinski definition) is 3. The summed E-state index contributed by atoms with van der Waals surface area (Å²) < 4.78 is 0. The van der Waals surface area contributed by atoms with Crippen LogP contribution >= 0.6 is 0 Å². The Morgan fingerprint density at radius 2 is 2.10 bits per heavy atom. The van der Waals surface area contributed by atoms with E-state index in [1.165, 1.54) is 19.3 Å². The summed E-state index contributed by atoms with van der Waals surface area (Å²) >= 11 is 0. The summed E-state index contributed by atoms with van der Waals surface area (Å²) in [5.74, 6) is 0.139. The lowest BCUT2D eigenvalue weighted by molar-refractivity contribution is -0.121. The smallest absolute Gasteiger partial charge is 0.221 e. The molecule has 0 aromatic heterocycles. The molecule has 0 saturated heterocycles. The Hall–Kier alpha value is -1.86. The molecule has 1 aliphatic carbocycles. The quantitative estimate of drug-likeness (QED) is 0.789. The molecule has 2 N–H and O–H groups in total. The van der Waals surface area contributed by atoms with E-state index in [9.17, 15) is 4.79 Å². The first-order chi connectivity index (χ1) is 10.3. The fourth-order valence-corrected chi connectivity index (χ4v) is 2.73. The van der Waals surface area contributed by atoms with Gasteiger partial charge in [-0.1, -0.05) is 31.4 Å². The van der Waals surface area contributed by atoms with Crippen LogP contribution in [0.3, 0.4) is 0 Å². The molecule has 2 rings (SSSR count). The fourth-order valence-electron chi connectivity index (χ4n) is 2.73. The van der Waals surface area contributed by atoms with Gasteiger partial charge in [-0.2, -0.15) is 5.26 Å². The van der Waals surface area contributed by atoms with Crippen LogP contribution in [-0.2, 0) is 11.3 Å². The summed E-state index contributed by atoms with van der Waals surface area (Å²) in [6, 6.07) is 10.0. The van der Waals surface area contributed by atoms with Gasteiger partial charge in [0.2, 0.25) is 5.91 Å². The van der Waals surface area contributed by atoms with Crippen molar-refractivity contribution in [1.29, 1.82) is 5.26 Å². The van der Waals surface area contributed by atoms with Crippen molar-refractivity contribution in [3.63, 3.8) is 0 Å². The molecule has 0 radical (unpaired) electrons. The van der Waals surface area contributed by atoms with Gasteiger partial charge in [0.05, 0.1) is 11.6 Å². The molecule has 0 unspecified atom stereocenters. The van der Waals surface area contributed by atoms with Gasteiger partial charge in [-0.15, -0.1) is 0 Å². The molecule has 1 amide bonds. The molecule has 4 heteroatoms. The van der Waals surface area contributed by atoms with Crippen molar-refractivity contribution in [3.05, 3.63) is 35.4 Å². The molecule has 1 aromatic carbocycles. The Morgan fingerprint density at radius 1 is 1.29 bits per heavy atom. The zero-order chi connectivity index (χ0) is 14.9. The van der Waals surface area contributed by atoms with Gasteiger partial charge in [-0.3, -0.25) is 4.79 Å². The predicted molar refractivity (Wildman–Crippen MR) is 82.5 cm³/mol. The molecule has 112 valence electrons. The van der Waals surface area contributed by atoms with Gasteiger partial charge < -0.3 is 10.6 Å². The second-order valence-corrected chi connectivity index (χ2v) is 5.64. The number of benzene rings is 1. The Labute approximate surface area is 126 Å². The van der Waals surface area contributed by atoms with Crippen LogP contribution in [0.1, 0.15) is 49.7 Å². The maximum atomic E-state index is 11.8. The molecular weight excluding hydrogens is 262 g/mol. The van der Waals surface area contributed by atoms with E-state index in [2.05, 4.69) is 16.7 Å². The monoisotopic (exact) mass is 285 g/mol. The molecule has 1 aromatic rings. The van der Waals surface area contributed by atoms with Crippen molar-refractivity contribution < 1.29 is 4.79 Å². The summed E-state index contributed by atoms with van der Waals surface area (Å²) in [7, 11) is 0. The van der Waals surface area contributed by atoms with E-state index in [-0.39, 0.29) is 5.91 Å². The van der Waals surface area contributed by atoms with Crippen LogP contribution in [0, 0.1) is 11.3 Å². The van der Waals surface area contributed by atoms with Crippen molar-refractivity contribution in [2.75, 3.05) is 6.54 Å². The molecular formula is C17H23N3O. The lowest BCUT2D eigenvalue weighted by Gasteiger charge is -2.22. The number of carbonyl (C=O) groups is 1. The third-order valence-electron chi connectivity index (χ3n) is 3.88. The average Bonchev–Trinajstić information content (AvgIpc) is 2.53. The van der Waals surface area contributed by atoms with Gasteiger partial charge in [0.25, 0.3) is 0 Å². The van der Waals surface area contributed by atoms with Crippen LogP contribution in [-0.4, -0.2) is 18.5 Å². The maximum Gasteiger partial charge on any atom is 0.221 e. The summed E-state index contributed by atoms with van der Waals surface area (Å²) in [5, 5.41) is 15.2. The summed E-state index contributed by atoms with van der Waals surface area (Å²) in [6.45, 7) is 1.35. The highest BCUT2D eigenvalue weighted by Crippen LogP contribution is 2.17. The number of nitrogens with zero attached hydrogens (tertiary/aromatic N) is 1. The van der Waals surface area contributed by atoms with Gasteiger partial charge in [0.1, 0.15) is 0 Å². The fraction of sp³-hybridized carbons (Fsp3) is 0.529. The minimum Gasteiger partial charge on any atom is -0.353 e. The summed E-state index contributed by atoms with van der Waals surface area (Å²) in [5.41, 5.74) is 1.74. The third-order valence-corrected chi connectivity index (χ3v) is 3.88. The van der Waals surface area contributed by atoms with Crippen molar-refractivity contribution in [2.45, 2.75) is 51.1 Å². The van der Waals surface area contributed by atoms with E-state index >= 15 is 0 Å². The Kier molecular flexibility index (Phi) is 6.23. The molecule has 21 heavy (non-hydrogen) atoms. The molecule has 4 nitrogen and oxygen atoms in total. The van der Waals surface area contributed by atoms with Crippen molar-refractivity contribution >= 4 is 5.91 Å². The normalized spacial score (nSPS) is 15.4. The van der Waals surface area contributed by atoms with Crippen molar-refractivity contribution in [1.82, 2.24) is 10.6 Å². The minimum absolute atomic E-state index is 0.139. The van der Waals surface area contributed by atoms with E-state index in [0.29, 0.717) is 31.1 Å². The van der Waals surface area contributed by atoms with Crippen molar-refractivity contribution in [3.8, 4) is 6.07 Å². The van der Waals surface area contributed by atoms with Crippen molar-refractivity contribution in [2.24, 2.45) is 0 Å². The molecule has 1 aliphatic rings. The Morgan fingerprint density at radius 3 is 2.86 bits per heavy atom. The third kappa shape index (κ3) is 5.57. The second kappa shape index (κ2) is 8.43. The molecule has 0 atom stereocenters. The largest absolute Gasteiger partial charge is 0.353 e. The van der Waals surface area contributed by atoms with Gasteiger partial charge in [-0.25, -0.2) is 0 Å². The predicted octanol–water partition coefficient (Wildman–Crippen LogP) is 2.49. The van der Waals surface area contributed by atoms with Gasteiger partial charge in [-0.05, 0) is 30.5 Å². The van der Waals surface area contributed by atoms with E-state index in [0.717, 1.165) is 18.4 Å². The van der Waals surface area contributed by atoms with Crippen LogP contribution < -0.4 is 10.6 Å². The zero-order valence-electron chi connectivity index (χ0n) is 12.4. The first kappa shape index (κ1) is 15.5. The van der Waals surface area contributed by atoms with Crippen LogP contribution in [0.5, 0.6) is 0 Å². The Bertz CT molecular complexity index is 501. The molecule has 1 fully saturated rings. The lowest BCUT2D eigenvalue weighted by Crippen LogP contribution is -2.37. The SMILES string of the molecule is N#Cc1cccc(CNCCC(=O)NC2CCCCC2)c1. The molecule has 0 spiro atoms. The first-order valence-corrected chi connectivity index (χ1v) is 7.77. The molecule has 0 aliphatic heterocycles. The van der Waals surface area contributed by atoms with Crippen LogP contribution in [0.2, 0.25) is 0 Å². The molecule has 0 heterocycles. The number of amides is 1. The zero-order valence-corrected chi connectivity index (χ0v) is 12.4. The van der Waals surface area contributed by atoms with Crippen LogP contribution in [0.25, 0.3) is 0 Å². The van der Waals surface area contributed by atoms with Gasteiger partial charge in [0.15, 0.2) is 0 Å². The number of nitriles is 1. The number of hydrogen-bond donors (Lipinski definition) is 2. The van der Waals surface area contributed by atoms with E-state index in [1.54, 1.807) is 6.07 Å². The maximum absolute atomic E-state index is 11.8. The molecule has 0 bridgehead atoms. The second-order valence-electron chi connectivity index (χ2n) is 5.64. The van der Waals surface area contributed by atoms with Gasteiger partial charge in [0, 0.05) is 25.6 Å². The standard InChI is InChI=1S/C17H23N3O/c18-12-14-5-4-6-15(11-14)13-19-10-9-17(21)20-16-7-2-1-3-8-16/h4-6,11,16,19H,1-3,7-10,13H2,(H,20,21). The number of carbonyl (C=O) groups excluding carboxylic acids is 1. The van der Waals surface area contributed by atoms with E-state index < -0.39 is 0 Å². The molecule has 1 saturated carbocycles. The highest BCUT2D eigenvalue weighted by Gasteiger charge is 2.14. The highest BCUT2D eigenvalue weighted by atomic mass is 16.1. The average molecular weight is 285 g/mol. The van der Waals surface area contributed by atoms with E-state index in [1.807, 2.05) is 18.2 Å². The lowest BCUT2D eigenvalue weighted by atomic mass is 9.95. The minimum atomic E-state index is 0.139. The van der Waals surface area contributed by atoms with Crippen LogP contribution in [0.4, 0.5) is 0 Å². The highest BCUT2D eigenvalue weighted by molar-refractivity contribution is 5.76. The summed E-state index contributed by atoms with van der Waals surface area (Å²) in [4.78, 5) is 11.8. The summed E-state index contributed by atoms with van der Waals surface area (Å²) in [6.07, 6.45) is 6.53. The van der Waals surface area contributed by atoms with Crippen LogP contribution in [0.15, 0.2) is 24.3 Å². The number of rotatable bonds is 6. The number of nitrogens with one attached hydrogen (secondary N) is 2.